The van der Waals surface area contributed by atoms with Crippen LogP contribution in [0.15, 0.2) is 53.1 Å². The summed E-state index contributed by atoms with van der Waals surface area (Å²) in [4.78, 5) is 0. The summed E-state index contributed by atoms with van der Waals surface area (Å²) >= 11 is 2.21. The summed E-state index contributed by atoms with van der Waals surface area (Å²) in [5, 5.41) is 0. The van der Waals surface area contributed by atoms with Gasteiger partial charge in [-0.1, -0.05) is 0 Å². The second-order valence-electron chi connectivity index (χ2n) is 7.68. The summed E-state index contributed by atoms with van der Waals surface area (Å²) < 4.78 is 2.40. The molecule has 149 valence electrons. The minimum Gasteiger partial charge on any atom is -0.147 e. The quantitative estimate of drug-likeness (QED) is 0.437. The zero-order chi connectivity index (χ0) is 19.0. The number of nitrogens with zero attached hydrogens (tertiary/aromatic N) is 1. The smallest absolute Gasteiger partial charge is 0.147 e. The van der Waals surface area contributed by atoms with Crippen LogP contribution in [0.4, 0.5) is 5.69 Å². The fraction of sp³-hybridized carbons (Fsp3) is 0.333. The van der Waals surface area contributed by atoms with E-state index in [1.165, 1.54) is 55.8 Å². The van der Waals surface area contributed by atoms with Crippen LogP contribution in [0.3, 0.4) is 0 Å². The summed E-state index contributed by atoms with van der Waals surface area (Å²) in [6, 6.07) is 13.5. The molecule has 0 bridgehead atoms. The van der Waals surface area contributed by atoms with E-state index in [0.29, 0.717) is 0 Å². The number of rotatable bonds is 4. The van der Waals surface area contributed by atoms with Gasteiger partial charge in [0.25, 0.3) is 0 Å². The van der Waals surface area contributed by atoms with Crippen LogP contribution in [-0.2, 0) is 27.2 Å². The third kappa shape index (κ3) is 4.94. The predicted octanol–water partition coefficient (Wildman–Crippen LogP) is 7.44. The summed E-state index contributed by atoms with van der Waals surface area (Å²) in [6.07, 6.45) is 1.08. The molecule has 0 spiro atoms. The minimum absolute atomic E-state index is 0. The van der Waals surface area contributed by atoms with Crippen molar-refractivity contribution in [2.75, 3.05) is 3.38 Å². The summed E-state index contributed by atoms with van der Waals surface area (Å²) in [5.74, 6) is 0. The van der Waals surface area contributed by atoms with Gasteiger partial charge in [-0.05, 0) is 0 Å². The number of anilines is 1. The van der Waals surface area contributed by atoms with E-state index in [-0.39, 0.29) is 24.8 Å². The minimum atomic E-state index is 0. The molecule has 28 heavy (non-hydrogen) atoms. The van der Waals surface area contributed by atoms with Crippen LogP contribution in [-0.4, -0.2) is 0 Å². The van der Waals surface area contributed by atoms with Crippen LogP contribution in [0.2, 0.25) is 0 Å². The largest absolute Gasteiger partial charge is 0.147 e. The Labute approximate surface area is 194 Å². The Balaban J connectivity index is 0.00000196. The van der Waals surface area contributed by atoms with E-state index in [1.54, 1.807) is 0 Å². The molecule has 3 rings (SSSR count). The van der Waals surface area contributed by atoms with Crippen molar-refractivity contribution in [2.45, 2.75) is 54.5 Å². The van der Waals surface area contributed by atoms with Gasteiger partial charge < -0.3 is 0 Å². The predicted molar refractivity (Wildman–Crippen MR) is 123 cm³/mol. The van der Waals surface area contributed by atoms with Gasteiger partial charge in [0.15, 0.2) is 0 Å². The van der Waals surface area contributed by atoms with Gasteiger partial charge in [-0.15, -0.1) is 24.8 Å². The molecule has 0 heterocycles. The fourth-order valence-electron chi connectivity index (χ4n) is 4.17. The Hall–Kier alpha value is -0.986. The van der Waals surface area contributed by atoms with Gasteiger partial charge in [-0.2, -0.15) is 0 Å². The van der Waals surface area contributed by atoms with Crippen LogP contribution in [0, 0.1) is 20.8 Å². The molecule has 2 aromatic rings. The molecule has 4 heteroatoms. The van der Waals surface area contributed by atoms with Crippen LogP contribution in [0.1, 0.15) is 55.0 Å². The van der Waals surface area contributed by atoms with Crippen LogP contribution >= 0.6 is 24.8 Å². The zero-order valence-corrected chi connectivity index (χ0v) is 20.8. The van der Waals surface area contributed by atoms with E-state index in [4.69, 9.17) is 0 Å². The van der Waals surface area contributed by atoms with Gasteiger partial charge in [0, 0.05) is 0 Å². The number of aryl methyl sites for hydroxylation is 3. The van der Waals surface area contributed by atoms with Crippen molar-refractivity contribution in [1.29, 1.82) is 0 Å². The van der Waals surface area contributed by atoms with Gasteiger partial charge >= 0.3 is 171 Å². The van der Waals surface area contributed by atoms with Crippen molar-refractivity contribution in [3.05, 3.63) is 80.9 Å². The van der Waals surface area contributed by atoms with Crippen molar-refractivity contribution >= 4 is 36.1 Å². The Morgan fingerprint density at radius 2 is 1.43 bits per heavy atom. The maximum Gasteiger partial charge on any atom is -0.147 e. The molecule has 2 aromatic carbocycles. The maximum absolute atomic E-state index is 2.40. The van der Waals surface area contributed by atoms with Crippen molar-refractivity contribution in [2.24, 2.45) is 0 Å². The number of hydrogen-bond donors (Lipinski definition) is 0. The SMILES string of the molecule is CC1=C(C)C(C)=C(c2ccccc2C[N]([Ti])c2c(C)cc(C)cc2C)C1.Cl.Cl. The molecular formula is C24H30Cl2NTi. The monoisotopic (exact) mass is 450 g/mol. The standard InChI is InChI=1S/C24H28N.2ClH.Ti/c1-15-11-17(3)24(18(4)12-15)25-14-21-9-7-8-10-22(21)23-13-16(2)19(5)20(23)6;;;/h7-12H,13-14H2,1-6H3;2*1H;/q-1;;;+1. The number of benzene rings is 2. The molecule has 0 saturated carbocycles. The Morgan fingerprint density at radius 3 is 1.96 bits per heavy atom. The second kappa shape index (κ2) is 10.2. The van der Waals surface area contributed by atoms with Gasteiger partial charge in [0.2, 0.25) is 0 Å². The molecule has 0 fully saturated rings. The van der Waals surface area contributed by atoms with Gasteiger partial charge in [-0.25, -0.2) is 0 Å². The molecule has 1 nitrogen and oxygen atoms in total. The van der Waals surface area contributed by atoms with E-state index in [0.717, 1.165) is 13.0 Å². The normalized spacial score (nSPS) is 13.3. The zero-order valence-electron chi connectivity index (χ0n) is 17.6. The molecule has 0 aliphatic heterocycles. The average molecular weight is 451 g/mol. The number of halogens is 2. The maximum atomic E-state index is 2.40. The van der Waals surface area contributed by atoms with Crippen molar-refractivity contribution in [3.8, 4) is 0 Å². The molecule has 0 atom stereocenters. The topological polar surface area (TPSA) is 3.24 Å². The van der Waals surface area contributed by atoms with Gasteiger partial charge in [0.1, 0.15) is 0 Å². The molecule has 0 aromatic heterocycles. The summed E-state index contributed by atoms with van der Waals surface area (Å²) in [7, 11) is 0. The molecule has 0 unspecified atom stereocenters. The second-order valence-corrected chi connectivity index (χ2v) is 8.52. The van der Waals surface area contributed by atoms with Crippen LogP contribution < -0.4 is 3.38 Å². The first kappa shape index (κ1) is 25.1. The first-order valence-electron chi connectivity index (χ1n) is 9.31. The molecule has 1 aliphatic carbocycles. The van der Waals surface area contributed by atoms with E-state index >= 15 is 0 Å². The molecule has 0 N–H and O–H groups in total. The van der Waals surface area contributed by atoms with Crippen molar-refractivity contribution in [1.82, 2.24) is 0 Å². The molecule has 1 aliphatic rings. The number of hydrogen-bond acceptors (Lipinski definition) is 1. The summed E-state index contributed by atoms with van der Waals surface area (Å²) in [6.45, 7) is 14.3. The van der Waals surface area contributed by atoms with Crippen molar-refractivity contribution < 1.29 is 20.7 Å². The van der Waals surface area contributed by atoms with E-state index in [1.807, 2.05) is 0 Å². The third-order valence-corrected chi connectivity index (χ3v) is 6.27. The van der Waals surface area contributed by atoms with E-state index in [2.05, 4.69) is 102 Å². The van der Waals surface area contributed by atoms with Gasteiger partial charge in [0.05, 0.1) is 0 Å². The Bertz CT molecular complexity index is 905. The molecular weight excluding hydrogens is 421 g/mol. The molecule has 0 radical (unpaired) electrons. The van der Waals surface area contributed by atoms with E-state index in [9.17, 15) is 0 Å². The van der Waals surface area contributed by atoms with E-state index < -0.39 is 0 Å². The van der Waals surface area contributed by atoms with Crippen LogP contribution in [0.5, 0.6) is 0 Å². The van der Waals surface area contributed by atoms with Crippen LogP contribution in [0.25, 0.3) is 5.57 Å². The molecule has 0 saturated heterocycles. The molecule has 0 amide bonds. The summed E-state index contributed by atoms with van der Waals surface area (Å²) in [5.41, 5.74) is 14.1. The first-order valence-corrected chi connectivity index (χ1v) is 10.0. The first-order chi connectivity index (χ1) is 12.3. The average Bonchev–Trinajstić information content (AvgIpc) is 2.82. The Kier molecular flexibility index (Phi) is 9.10. The van der Waals surface area contributed by atoms with Crippen molar-refractivity contribution in [3.63, 3.8) is 0 Å². The van der Waals surface area contributed by atoms with Gasteiger partial charge in [-0.3, -0.25) is 0 Å². The fourth-order valence-corrected chi connectivity index (χ4v) is 4.99. The third-order valence-electron chi connectivity index (χ3n) is 5.67. The number of allylic oxidation sites excluding steroid dienone is 4. The Morgan fingerprint density at radius 1 is 0.857 bits per heavy atom.